The molecule has 5 aromatic carbocycles. The van der Waals surface area contributed by atoms with Crippen LogP contribution < -0.4 is 41.0 Å². The van der Waals surface area contributed by atoms with E-state index in [0.717, 1.165) is 186 Å². The number of hydrogen-bond donors (Lipinski definition) is 8. The Hall–Kier alpha value is -7.38. The monoisotopic (exact) mass is 2200 g/mol. The zero-order valence-electron chi connectivity index (χ0n) is 90.3. The van der Waals surface area contributed by atoms with Gasteiger partial charge in [-0.2, -0.15) is 0 Å². The highest BCUT2D eigenvalue weighted by Crippen LogP contribution is 2.67. The Morgan fingerprint density at radius 2 is 0.740 bits per heavy atom. The van der Waals surface area contributed by atoms with Gasteiger partial charge in [0.1, 0.15) is 39.9 Å². The Balaban J connectivity index is 0.000000228. The lowest BCUT2D eigenvalue weighted by Gasteiger charge is -2.50. The maximum absolute atomic E-state index is 13.5. The van der Waals surface area contributed by atoms with E-state index in [1.807, 2.05) is 64.1 Å². The number of amides is 3. The van der Waals surface area contributed by atoms with Gasteiger partial charge in [0.2, 0.25) is 5.91 Å². The van der Waals surface area contributed by atoms with E-state index in [1.54, 1.807) is 0 Å². The minimum atomic E-state index is -3.95. The van der Waals surface area contributed by atoms with Crippen LogP contribution in [-0.4, -0.2) is 155 Å². The van der Waals surface area contributed by atoms with E-state index in [2.05, 4.69) is 72.0 Å². The zero-order chi connectivity index (χ0) is 108. The normalized spacial score (nSPS) is 24.1. The Kier molecular flexibility index (Phi) is 51.1. The summed E-state index contributed by atoms with van der Waals surface area (Å²) in [6, 6.07) is 24.0. The number of carboxylic acid groups (broad SMARTS) is 1. The summed E-state index contributed by atoms with van der Waals surface area (Å²) in [4.78, 5) is 58.9. The summed E-state index contributed by atoms with van der Waals surface area (Å²) in [5, 5.41) is 41.2. The molecule has 15 atom stereocenters. The van der Waals surface area contributed by atoms with Gasteiger partial charge in [0.15, 0.2) is 11.5 Å². The fourth-order valence-electron chi connectivity index (χ4n) is 23.9. The van der Waals surface area contributed by atoms with Gasteiger partial charge in [-0.3, -0.25) is 60.2 Å². The second kappa shape index (κ2) is 60.8. The molecule has 0 radical (unpaired) electrons. The lowest BCUT2D eigenvalue weighted by molar-refractivity contribution is -0.140. The van der Waals surface area contributed by atoms with Crippen LogP contribution in [0.5, 0.6) is 40.2 Å². The molecule has 9 aliphatic carbocycles. The fourth-order valence-corrected chi connectivity index (χ4v) is 28.9. The Morgan fingerprint density at radius 3 is 1.10 bits per heavy atom. The van der Waals surface area contributed by atoms with Crippen LogP contribution in [-0.2, 0) is 107 Å². The molecule has 3 amide bonds. The number of carboxylic acids is 1. The number of rotatable bonds is 54. The number of primary amides is 2. The first kappa shape index (κ1) is 126. The second-order valence-corrected chi connectivity index (χ2v) is 49.1. The average molecular weight is 2200 g/mol. The second-order valence-electron chi connectivity index (χ2n) is 41.7. The Bertz CT molecular complexity index is 5270. The van der Waals surface area contributed by atoms with Crippen LogP contribution in [0.1, 0.15) is 374 Å². The molecule has 0 saturated heterocycles. The minimum Gasteiger partial charge on any atom is -0.508 e. The molecule has 38 heteroatoms. The molecule has 33 nitrogen and oxygen atoms in total. The number of fused-ring (bicyclic) bond motifs is 15. The van der Waals surface area contributed by atoms with Gasteiger partial charge in [-0.25, -0.2) is 18.3 Å². The van der Waals surface area contributed by atoms with Crippen LogP contribution in [0.15, 0.2) is 78.9 Å². The zero-order valence-corrected chi connectivity index (χ0v) is 94.6. The van der Waals surface area contributed by atoms with Crippen LogP contribution >= 0.6 is 41.7 Å². The molecule has 11 N–H and O–H groups in total. The van der Waals surface area contributed by atoms with Gasteiger partial charge in [-0.1, -0.05) is 153 Å². The number of phosphoric ester groups is 3. The number of halogens is 1. The molecule has 0 spiro atoms. The number of phosphoric acid groups is 3. The highest BCUT2D eigenvalue weighted by molar-refractivity contribution is 7.81. The molecule has 0 aromatic heterocycles. The van der Waals surface area contributed by atoms with Crippen molar-refractivity contribution >= 4 is 82.7 Å². The predicted molar refractivity (Wildman–Crippen MR) is 582 cm³/mol. The van der Waals surface area contributed by atoms with Crippen molar-refractivity contribution in [2.45, 2.75) is 357 Å². The molecule has 0 aliphatic heterocycles. The van der Waals surface area contributed by atoms with Crippen molar-refractivity contribution in [3.63, 3.8) is 0 Å². The number of nitrogens with one attached hydrogen (secondary N) is 1. The molecule has 5 aromatic rings. The molecule has 0 bridgehead atoms. The maximum Gasteiger partial charge on any atom is 0.532 e. The van der Waals surface area contributed by atoms with Gasteiger partial charge in [-0.15, -0.1) is 0 Å². The van der Waals surface area contributed by atoms with Crippen molar-refractivity contribution in [1.29, 1.82) is 0 Å². The van der Waals surface area contributed by atoms with Crippen molar-refractivity contribution in [2.75, 3.05) is 97.9 Å². The van der Waals surface area contributed by atoms with E-state index in [9.17, 15) is 57.6 Å². The number of benzene rings is 5. The first-order valence-electron chi connectivity index (χ1n) is 54.8. The molecule has 844 valence electrons. The first-order valence-corrected chi connectivity index (χ1v) is 61.6. The third-order valence-corrected chi connectivity index (χ3v) is 37.7. The summed E-state index contributed by atoms with van der Waals surface area (Å²) in [6.45, 7) is 23.5. The van der Waals surface area contributed by atoms with E-state index in [-0.39, 0.29) is 133 Å². The van der Waals surface area contributed by atoms with Crippen LogP contribution in [0.2, 0.25) is 0 Å². The number of unbranched alkanes of at least 4 members (excludes halogenated alkanes) is 8. The van der Waals surface area contributed by atoms with Gasteiger partial charge in [0.25, 0.3) is 11.8 Å². The average Bonchev–Trinajstić information content (AvgIpc) is 1.58. The smallest absolute Gasteiger partial charge is 0.508 e. The number of carbonyl (C=O) groups is 5. The molecule has 9 aliphatic rings. The SMILES string of the molecule is C.CC12CCC3c4ccc(O)cc4CCC3C1CC[C@H]2OCCC(=O)O.CCCCOP(=O)(Cl)OCCCC.CCCCOP(=O)(OCCCC)OC(=O)CCO[C@@H]1CCC2C3CCc4cc(OP(=O)(OCCCC)OCCCC)ccc4C3CCC21C.CCCCOP(=O)(OCCCC)Oc1ccc2c(c1)CCC1C2CCC2(C)C1CC[C@H]2OCCC(=O)Nc1ccc(OC)c(C(N)=O)c1O.COc1ccc(N)c(O)c1C(N)=O. The van der Waals surface area contributed by atoms with Crippen LogP contribution in [0.3, 0.4) is 0 Å². The molecule has 14 rings (SSSR count). The van der Waals surface area contributed by atoms with Crippen molar-refractivity contribution < 1.29 is 136 Å². The standard InChI is InChI=1S/C37H53N2O9P.C37H62O10P2.C21H28O4.C8H18ClO3P.C8H10N2O3.CH4/c1-5-7-20-46-49(43,47-21-8-6-2)48-25-10-12-26-24(23-25)9-11-28-27(26)17-19-37(3)29(28)13-16-32(37)45-22-18-33(40)39-30-14-15-31(44-4)34(35(30)41)36(38)42;1-6-10-23-42-48(39,43-24-11-7-2)46-30-15-17-31-29(28-30)14-16-33-32(31)20-22-37(5)34(33)18-19-35(37)41-27-21-36(38)47-49(40,44-25-12-8-3)45-26-13-9-4;1-21-10-8-16-15-5-3-14(22)12-13(15)2-4-17(16)18(21)6-7-19(21)25-11-9-20(23)24;1-3-5-7-11-13(9,10)12-8-6-4-2;1-13-5-3-2-4(9)7(11)6(5)8(10)12;/h10,12,14-15,23,27-29,32,41H,5-9,11,13,16-22H2,1-4H3,(H2,38,42)(H,39,40);15,17,28,32-35H,6-14,16,18-27H2,1-5H3;3,5,12,16-19,22H,2,4,6-11H2,1H3,(H,23,24);3-8H2,1-2H3;2-3,11H,9H2,1H3,(H2,10,12);1H4/t27?,28?,29?,32-,37?;32?,33?,34?,35-,37?;16?,17?,18?,19-,21?;;;/m111.../s1. The lowest BCUT2D eigenvalue weighted by atomic mass is 9.55. The van der Waals surface area contributed by atoms with Gasteiger partial charge >= 0.3 is 42.4 Å². The number of methoxy groups -OCH3 is 2. The van der Waals surface area contributed by atoms with Gasteiger partial charge in [-0.05, 0) is 330 Å². The van der Waals surface area contributed by atoms with E-state index in [0.29, 0.717) is 130 Å². The van der Waals surface area contributed by atoms with Crippen LogP contribution in [0, 0.1) is 51.8 Å². The van der Waals surface area contributed by atoms with Gasteiger partial charge in [0, 0.05) is 11.2 Å². The summed E-state index contributed by atoms with van der Waals surface area (Å²) < 4.78 is 141. The van der Waals surface area contributed by atoms with Crippen molar-refractivity contribution in [2.24, 2.45) is 63.2 Å². The van der Waals surface area contributed by atoms with Gasteiger partial charge in [0.05, 0.1) is 136 Å². The minimum absolute atomic E-state index is 0. The number of aliphatic carboxylic acids is 1. The van der Waals surface area contributed by atoms with E-state index in [4.69, 9.17) is 107 Å². The molecular weight excluding hydrogens is 2020 g/mol. The molecular formula is C112H175ClN4O29P4. The number of phenols is 3. The quantitative estimate of drug-likeness (QED) is 0.00775. The third-order valence-electron chi connectivity index (χ3n) is 31.9. The van der Waals surface area contributed by atoms with Crippen molar-refractivity contribution in [3.8, 4) is 40.2 Å². The van der Waals surface area contributed by atoms with E-state index < -0.39 is 59.9 Å². The Labute approximate surface area is 895 Å². The number of phenolic OH excluding ortho intramolecular Hbond substituents is 1. The van der Waals surface area contributed by atoms with Gasteiger partial charge < -0.3 is 80.2 Å². The molecule has 6 fully saturated rings. The number of carbonyl (C=O) groups excluding carboxylic acids is 4. The molecule has 150 heavy (non-hydrogen) atoms. The topological polar surface area (TPSA) is 472 Å². The maximum atomic E-state index is 13.5. The summed E-state index contributed by atoms with van der Waals surface area (Å²) in [6.07, 6.45) is 33.5. The molecule has 6 saturated carbocycles. The van der Waals surface area contributed by atoms with Crippen LogP contribution in [0.4, 0.5) is 11.4 Å². The summed E-state index contributed by atoms with van der Waals surface area (Å²) in [5.41, 5.74) is 24.0. The number of ether oxygens (including phenoxy) is 5. The van der Waals surface area contributed by atoms with E-state index in [1.165, 1.54) is 91.1 Å². The molecule has 12 unspecified atom stereocenters. The van der Waals surface area contributed by atoms with Crippen molar-refractivity contribution in [3.05, 3.63) is 123 Å². The summed E-state index contributed by atoms with van der Waals surface area (Å²) in [7, 11) is -8.62. The van der Waals surface area contributed by atoms with E-state index >= 15 is 0 Å². The number of hydrogen-bond acceptors (Lipinski definition) is 29. The van der Waals surface area contributed by atoms with Crippen molar-refractivity contribution in [1.82, 2.24) is 0 Å². The predicted octanol–water partition coefficient (Wildman–Crippen LogP) is 27.4. The number of nitrogen functional groups attached to an aromatic ring is 1. The molecule has 0 heterocycles. The highest BCUT2D eigenvalue weighted by atomic mass is 35.7. The largest absolute Gasteiger partial charge is 0.532 e. The highest BCUT2D eigenvalue weighted by Gasteiger charge is 2.59. The Morgan fingerprint density at radius 1 is 0.407 bits per heavy atom. The third kappa shape index (κ3) is 34.3. The lowest BCUT2D eigenvalue weighted by Crippen LogP contribution is -2.44. The number of nitrogens with two attached hydrogens (primary N) is 3. The number of aromatic hydroxyl groups is 3. The number of aryl methyl sites for hydroxylation is 3. The fraction of sp³-hybridized carbons (Fsp3) is 0.688. The first-order chi connectivity index (χ1) is 71.3. The number of anilines is 2. The summed E-state index contributed by atoms with van der Waals surface area (Å²) in [5.74, 6) is 2.73. The van der Waals surface area contributed by atoms with Crippen LogP contribution in [0.25, 0.3) is 0 Å². The summed E-state index contributed by atoms with van der Waals surface area (Å²) >= 11 is 5.52.